The molecule has 2 amide bonds. The van der Waals surface area contributed by atoms with Crippen molar-refractivity contribution in [3.63, 3.8) is 0 Å². The van der Waals surface area contributed by atoms with E-state index in [0.29, 0.717) is 21.2 Å². The summed E-state index contributed by atoms with van der Waals surface area (Å²) in [5, 5.41) is 0.805. The summed E-state index contributed by atoms with van der Waals surface area (Å²) in [4.78, 5) is 39.4. The number of hydrogen-bond donors (Lipinski definition) is 0. The Labute approximate surface area is 191 Å². The fraction of sp³-hybridized carbons (Fsp3) is 0.292. The van der Waals surface area contributed by atoms with Crippen LogP contribution >= 0.6 is 23.2 Å². The van der Waals surface area contributed by atoms with Gasteiger partial charge in [-0.15, -0.1) is 0 Å². The number of ketones is 1. The summed E-state index contributed by atoms with van der Waals surface area (Å²) in [5.41, 5.74) is 0.376. The summed E-state index contributed by atoms with van der Waals surface area (Å²) in [6.07, 6.45) is 2.20. The van der Waals surface area contributed by atoms with Gasteiger partial charge < -0.3 is 4.74 Å². The Morgan fingerprint density at radius 2 is 1.77 bits per heavy atom. The maximum atomic E-state index is 13.0. The minimum atomic E-state index is -0.780. The first-order valence-corrected chi connectivity index (χ1v) is 10.6. The van der Waals surface area contributed by atoms with E-state index in [1.165, 1.54) is 6.08 Å². The normalized spacial score (nSPS) is 17.0. The van der Waals surface area contributed by atoms with Crippen LogP contribution in [0.3, 0.4) is 0 Å². The van der Waals surface area contributed by atoms with Crippen molar-refractivity contribution in [3.05, 3.63) is 81.9 Å². The molecule has 0 saturated heterocycles. The van der Waals surface area contributed by atoms with E-state index < -0.39 is 29.6 Å². The molecule has 1 aliphatic rings. The predicted octanol–water partition coefficient (Wildman–Crippen LogP) is 6.05. The minimum absolute atomic E-state index is 0.0347. The van der Waals surface area contributed by atoms with Gasteiger partial charge >= 0.3 is 6.09 Å². The van der Waals surface area contributed by atoms with Crippen molar-refractivity contribution in [2.24, 2.45) is 0 Å². The van der Waals surface area contributed by atoms with Gasteiger partial charge in [-0.2, -0.15) is 0 Å². The van der Waals surface area contributed by atoms with Crippen LogP contribution in [-0.2, 0) is 9.53 Å². The Bertz CT molecular complexity index is 1030. The van der Waals surface area contributed by atoms with Crippen molar-refractivity contribution < 1.29 is 19.1 Å². The third-order valence-corrected chi connectivity index (χ3v) is 5.40. The molecule has 0 fully saturated rings. The molecular weight excluding hydrogens is 437 g/mol. The largest absolute Gasteiger partial charge is 0.443 e. The zero-order valence-corrected chi connectivity index (χ0v) is 19.0. The summed E-state index contributed by atoms with van der Waals surface area (Å²) in [5.74, 6) is -1.21. The van der Waals surface area contributed by atoms with Gasteiger partial charge in [0, 0.05) is 34.0 Å². The van der Waals surface area contributed by atoms with E-state index in [1.807, 2.05) is 6.07 Å². The van der Waals surface area contributed by atoms with E-state index in [0.717, 1.165) is 4.90 Å². The standard InChI is InChI=1S/C24H23Cl2NO4/c1-24(2,3)31-23(30)27-20(11-12-22(27)29)18(17-10-9-16(25)13-19(17)26)14-21(28)15-7-5-4-6-8-15/h4-13,18,20H,14H2,1-3H3/t18-,20+/m0/s1. The topological polar surface area (TPSA) is 63.7 Å². The average Bonchev–Trinajstić information content (AvgIpc) is 3.07. The number of hydrogen-bond acceptors (Lipinski definition) is 4. The van der Waals surface area contributed by atoms with Crippen LogP contribution in [0.25, 0.3) is 0 Å². The van der Waals surface area contributed by atoms with E-state index in [4.69, 9.17) is 27.9 Å². The van der Waals surface area contributed by atoms with E-state index in [1.54, 1.807) is 69.3 Å². The van der Waals surface area contributed by atoms with Gasteiger partial charge in [-0.3, -0.25) is 9.59 Å². The van der Waals surface area contributed by atoms with E-state index in [2.05, 4.69) is 0 Å². The molecule has 0 N–H and O–H groups in total. The second-order valence-electron chi connectivity index (χ2n) is 8.30. The summed E-state index contributed by atoms with van der Waals surface area (Å²) < 4.78 is 5.43. The molecule has 162 valence electrons. The van der Waals surface area contributed by atoms with Crippen molar-refractivity contribution in [3.8, 4) is 0 Å². The van der Waals surface area contributed by atoms with Gasteiger partial charge in [-0.05, 0) is 38.5 Å². The molecule has 0 aliphatic carbocycles. The highest BCUT2D eigenvalue weighted by molar-refractivity contribution is 6.35. The Kier molecular flexibility index (Phi) is 6.87. The van der Waals surface area contributed by atoms with Crippen molar-refractivity contribution in [1.82, 2.24) is 4.90 Å². The minimum Gasteiger partial charge on any atom is -0.443 e. The zero-order chi connectivity index (χ0) is 22.8. The first-order chi connectivity index (χ1) is 14.6. The van der Waals surface area contributed by atoms with Crippen molar-refractivity contribution in [1.29, 1.82) is 0 Å². The molecule has 0 aromatic heterocycles. The highest BCUT2D eigenvalue weighted by Crippen LogP contribution is 2.37. The fourth-order valence-electron chi connectivity index (χ4n) is 3.49. The fourth-order valence-corrected chi connectivity index (χ4v) is 4.04. The number of rotatable bonds is 5. The van der Waals surface area contributed by atoms with Gasteiger partial charge in [0.2, 0.25) is 0 Å². The Morgan fingerprint density at radius 3 is 2.39 bits per heavy atom. The van der Waals surface area contributed by atoms with E-state index >= 15 is 0 Å². The molecule has 3 rings (SSSR count). The summed E-state index contributed by atoms with van der Waals surface area (Å²) >= 11 is 12.5. The van der Waals surface area contributed by atoms with E-state index in [-0.39, 0.29) is 12.2 Å². The maximum absolute atomic E-state index is 13.0. The lowest BCUT2D eigenvalue weighted by Gasteiger charge is -2.32. The SMILES string of the molecule is CC(C)(C)OC(=O)N1C(=O)C=C[C@@H]1[C@@H](CC(=O)c1ccccc1)c1ccc(Cl)cc1Cl. The number of imide groups is 1. The predicted molar refractivity (Wildman–Crippen MR) is 121 cm³/mol. The molecule has 2 aromatic rings. The van der Waals surface area contributed by atoms with Crippen molar-refractivity contribution >= 4 is 41.0 Å². The molecule has 0 unspecified atom stereocenters. The highest BCUT2D eigenvalue weighted by atomic mass is 35.5. The van der Waals surface area contributed by atoms with Crippen LogP contribution in [0.4, 0.5) is 4.79 Å². The third kappa shape index (κ3) is 5.54. The van der Waals surface area contributed by atoms with Crippen LogP contribution in [0.15, 0.2) is 60.7 Å². The van der Waals surface area contributed by atoms with Crippen LogP contribution in [0.2, 0.25) is 10.0 Å². The smallest absolute Gasteiger partial charge is 0.417 e. The van der Waals surface area contributed by atoms with Gasteiger partial charge in [-0.25, -0.2) is 9.69 Å². The number of amides is 2. The quantitative estimate of drug-likeness (QED) is 0.510. The summed E-state index contributed by atoms with van der Waals surface area (Å²) in [7, 11) is 0. The lowest BCUT2D eigenvalue weighted by molar-refractivity contribution is -0.125. The number of ether oxygens (including phenoxy) is 1. The maximum Gasteiger partial charge on any atom is 0.417 e. The second-order valence-corrected chi connectivity index (χ2v) is 9.15. The second kappa shape index (κ2) is 9.25. The lowest BCUT2D eigenvalue weighted by atomic mass is 9.85. The van der Waals surface area contributed by atoms with Gasteiger partial charge in [0.15, 0.2) is 5.78 Å². The van der Waals surface area contributed by atoms with E-state index in [9.17, 15) is 14.4 Å². The number of nitrogens with zero attached hydrogens (tertiary/aromatic N) is 1. The van der Waals surface area contributed by atoms with Crippen LogP contribution < -0.4 is 0 Å². The molecule has 1 heterocycles. The van der Waals surface area contributed by atoms with Gasteiger partial charge in [-0.1, -0.05) is 65.7 Å². The molecule has 5 nitrogen and oxygen atoms in total. The number of halogens is 2. The van der Waals surface area contributed by atoms with Crippen LogP contribution in [0, 0.1) is 0 Å². The molecule has 2 atom stereocenters. The first kappa shape index (κ1) is 23.0. The number of Topliss-reactive ketones (excluding diaryl/α,β-unsaturated/α-hetero) is 1. The molecule has 31 heavy (non-hydrogen) atoms. The van der Waals surface area contributed by atoms with Crippen molar-refractivity contribution in [2.75, 3.05) is 0 Å². The Balaban J connectivity index is 2.00. The Hall–Kier alpha value is -2.63. The lowest BCUT2D eigenvalue weighted by Crippen LogP contribution is -2.45. The molecule has 0 radical (unpaired) electrons. The first-order valence-electron chi connectivity index (χ1n) is 9.84. The zero-order valence-electron chi connectivity index (χ0n) is 17.5. The van der Waals surface area contributed by atoms with Gasteiger partial charge in [0.1, 0.15) is 5.60 Å². The van der Waals surface area contributed by atoms with Crippen molar-refractivity contribution in [2.45, 2.75) is 44.8 Å². The molecule has 7 heteroatoms. The van der Waals surface area contributed by atoms with Crippen LogP contribution in [0.5, 0.6) is 0 Å². The molecular formula is C24H23Cl2NO4. The molecule has 2 aromatic carbocycles. The molecule has 1 aliphatic heterocycles. The number of benzene rings is 2. The third-order valence-electron chi connectivity index (χ3n) is 4.84. The highest BCUT2D eigenvalue weighted by Gasteiger charge is 2.41. The molecule has 0 saturated carbocycles. The van der Waals surface area contributed by atoms with Crippen LogP contribution in [0.1, 0.15) is 49.0 Å². The van der Waals surface area contributed by atoms with Gasteiger partial charge in [0.25, 0.3) is 5.91 Å². The summed E-state index contributed by atoms with van der Waals surface area (Å²) in [6.45, 7) is 5.17. The monoisotopic (exact) mass is 459 g/mol. The summed E-state index contributed by atoms with van der Waals surface area (Å²) in [6, 6.07) is 13.1. The van der Waals surface area contributed by atoms with Gasteiger partial charge in [0.05, 0.1) is 6.04 Å². The number of carbonyl (C=O) groups is 3. The molecule has 0 bridgehead atoms. The average molecular weight is 460 g/mol. The molecule has 0 spiro atoms. The Morgan fingerprint density at radius 1 is 1.10 bits per heavy atom. The number of carbonyl (C=O) groups excluding carboxylic acids is 3. The van der Waals surface area contributed by atoms with Crippen LogP contribution in [-0.4, -0.2) is 34.3 Å².